The summed E-state index contributed by atoms with van der Waals surface area (Å²) in [5.74, 6) is 2.24. The highest BCUT2D eigenvalue weighted by Gasteiger charge is 2.49. The van der Waals surface area contributed by atoms with E-state index in [1.807, 2.05) is 0 Å². The minimum absolute atomic E-state index is 0.0529. The summed E-state index contributed by atoms with van der Waals surface area (Å²) in [7, 11) is 0. The van der Waals surface area contributed by atoms with E-state index in [0.29, 0.717) is 47.5 Å². The highest BCUT2D eigenvalue weighted by atomic mass is 16.5. The molecule has 0 spiro atoms. The molecule has 5 fully saturated rings. The van der Waals surface area contributed by atoms with E-state index in [9.17, 15) is 4.79 Å². The van der Waals surface area contributed by atoms with Gasteiger partial charge in [0.15, 0.2) is 0 Å². The molecule has 0 aromatic carbocycles. The number of ether oxygens (including phenoxy) is 1. The molecule has 170 valence electrons. The fourth-order valence-electron chi connectivity index (χ4n) is 6.33. The van der Waals surface area contributed by atoms with Crippen molar-refractivity contribution in [3.63, 3.8) is 0 Å². The third kappa shape index (κ3) is 4.42. The van der Waals surface area contributed by atoms with Crippen LogP contribution in [-0.4, -0.2) is 56.0 Å². The van der Waals surface area contributed by atoms with Gasteiger partial charge < -0.3 is 10.1 Å². The standard InChI is InChI=1S/C23H41N5O2/c1-14-11-24-28-20(14)10-23(12-30-13-23)17-4-3-5-18(9-17)26-22(29)19-8-15(2)25-21(27-19)16-6-7-16/h14-21,24-25,27-28H,3-13H2,1-2H3,(H,26,29). The van der Waals surface area contributed by atoms with Gasteiger partial charge in [0.2, 0.25) is 5.91 Å². The maximum atomic E-state index is 13.1. The molecule has 3 aliphatic heterocycles. The van der Waals surface area contributed by atoms with Crippen LogP contribution in [-0.2, 0) is 9.53 Å². The number of carbonyl (C=O) groups is 1. The van der Waals surface area contributed by atoms with Gasteiger partial charge in [-0.25, -0.2) is 0 Å². The summed E-state index contributed by atoms with van der Waals surface area (Å²) in [5.41, 5.74) is 7.11. The molecule has 2 aliphatic carbocycles. The maximum Gasteiger partial charge on any atom is 0.237 e. The summed E-state index contributed by atoms with van der Waals surface area (Å²) < 4.78 is 5.75. The third-order valence-corrected chi connectivity index (χ3v) is 8.53. The highest BCUT2D eigenvalue weighted by molar-refractivity contribution is 5.82. The molecule has 30 heavy (non-hydrogen) atoms. The average molecular weight is 420 g/mol. The number of carbonyl (C=O) groups excluding carboxylic acids is 1. The summed E-state index contributed by atoms with van der Waals surface area (Å²) in [4.78, 5) is 13.1. The van der Waals surface area contributed by atoms with Crippen molar-refractivity contribution in [2.24, 2.45) is 23.2 Å². The summed E-state index contributed by atoms with van der Waals surface area (Å²) in [6, 6.07) is 1.19. The van der Waals surface area contributed by atoms with Crippen LogP contribution in [0.3, 0.4) is 0 Å². The van der Waals surface area contributed by atoms with Gasteiger partial charge in [0.05, 0.1) is 25.4 Å². The van der Waals surface area contributed by atoms with E-state index in [1.165, 1.54) is 32.1 Å². The van der Waals surface area contributed by atoms with E-state index >= 15 is 0 Å². The molecule has 1 amide bonds. The van der Waals surface area contributed by atoms with Crippen LogP contribution in [0.2, 0.25) is 0 Å². The second-order valence-electron chi connectivity index (χ2n) is 11.1. The van der Waals surface area contributed by atoms with Crippen LogP contribution >= 0.6 is 0 Å². The van der Waals surface area contributed by atoms with Crippen molar-refractivity contribution in [2.45, 2.75) is 95.5 Å². The van der Waals surface area contributed by atoms with Gasteiger partial charge in [0.25, 0.3) is 0 Å². The van der Waals surface area contributed by atoms with Crippen molar-refractivity contribution in [3.8, 4) is 0 Å². The van der Waals surface area contributed by atoms with Crippen LogP contribution in [0.15, 0.2) is 0 Å². The number of hydrogen-bond donors (Lipinski definition) is 5. The molecule has 5 aliphatic rings. The Balaban J connectivity index is 1.17. The van der Waals surface area contributed by atoms with E-state index < -0.39 is 0 Å². The van der Waals surface area contributed by atoms with Crippen LogP contribution in [0.4, 0.5) is 0 Å². The van der Waals surface area contributed by atoms with E-state index in [1.54, 1.807) is 0 Å². The molecule has 5 N–H and O–H groups in total. The summed E-state index contributed by atoms with van der Waals surface area (Å²) in [6.07, 6.45) is 9.65. The fourth-order valence-corrected chi connectivity index (χ4v) is 6.33. The molecule has 7 unspecified atom stereocenters. The first-order valence-electron chi connectivity index (χ1n) is 12.4. The van der Waals surface area contributed by atoms with E-state index in [4.69, 9.17) is 4.74 Å². The molecular weight excluding hydrogens is 378 g/mol. The molecule has 0 aromatic heterocycles. The molecular formula is C23H41N5O2. The van der Waals surface area contributed by atoms with Crippen LogP contribution in [0.1, 0.15) is 65.2 Å². The summed E-state index contributed by atoms with van der Waals surface area (Å²) in [5, 5.41) is 10.7. The van der Waals surface area contributed by atoms with Crippen molar-refractivity contribution in [1.29, 1.82) is 0 Å². The minimum atomic E-state index is -0.0529. The van der Waals surface area contributed by atoms with Gasteiger partial charge >= 0.3 is 0 Å². The first kappa shape index (κ1) is 21.1. The Hall–Kier alpha value is -0.730. The quantitative estimate of drug-likeness (QED) is 0.446. The molecule has 7 heteroatoms. The highest BCUT2D eigenvalue weighted by Crippen LogP contribution is 2.47. The number of hydrazine groups is 1. The molecule has 0 aromatic rings. The van der Waals surface area contributed by atoms with Crippen molar-refractivity contribution >= 4 is 5.91 Å². The lowest BCUT2D eigenvalue weighted by atomic mass is 9.63. The van der Waals surface area contributed by atoms with Crippen molar-refractivity contribution in [3.05, 3.63) is 0 Å². The van der Waals surface area contributed by atoms with Crippen LogP contribution in [0, 0.1) is 23.2 Å². The SMILES string of the molecule is CC1CC(C(=O)NC2CCCC(C3(CC4NNCC4C)COC3)C2)NC(C2CC2)N1. The largest absolute Gasteiger partial charge is 0.380 e. The monoisotopic (exact) mass is 419 g/mol. The van der Waals surface area contributed by atoms with Crippen molar-refractivity contribution in [2.75, 3.05) is 19.8 Å². The molecule has 2 saturated carbocycles. The minimum Gasteiger partial charge on any atom is -0.380 e. The molecule has 7 nitrogen and oxygen atoms in total. The van der Waals surface area contributed by atoms with Gasteiger partial charge in [-0.3, -0.25) is 26.3 Å². The van der Waals surface area contributed by atoms with Crippen LogP contribution in [0.5, 0.6) is 0 Å². The van der Waals surface area contributed by atoms with Crippen LogP contribution in [0.25, 0.3) is 0 Å². The molecule has 0 radical (unpaired) electrons. The predicted octanol–water partition coefficient (Wildman–Crippen LogP) is 1.26. The zero-order chi connectivity index (χ0) is 20.7. The van der Waals surface area contributed by atoms with E-state index in [2.05, 4.69) is 40.6 Å². The second-order valence-corrected chi connectivity index (χ2v) is 11.1. The Morgan fingerprint density at radius 2 is 1.93 bits per heavy atom. The Bertz CT molecular complexity index is 623. The van der Waals surface area contributed by atoms with Gasteiger partial charge in [-0.2, -0.15) is 0 Å². The Morgan fingerprint density at radius 1 is 1.10 bits per heavy atom. The zero-order valence-electron chi connectivity index (χ0n) is 18.7. The number of nitrogens with one attached hydrogen (secondary N) is 5. The van der Waals surface area contributed by atoms with Crippen LogP contribution < -0.4 is 26.8 Å². The topological polar surface area (TPSA) is 86.5 Å². The Labute approximate surface area is 181 Å². The molecule has 5 rings (SSSR count). The summed E-state index contributed by atoms with van der Waals surface area (Å²) >= 11 is 0. The van der Waals surface area contributed by atoms with Crippen molar-refractivity contribution < 1.29 is 9.53 Å². The number of amides is 1. The summed E-state index contributed by atoms with van der Waals surface area (Å²) in [6.45, 7) is 7.37. The third-order valence-electron chi connectivity index (χ3n) is 8.53. The predicted molar refractivity (Wildman–Crippen MR) is 116 cm³/mol. The lowest BCUT2D eigenvalue weighted by molar-refractivity contribution is -0.163. The lowest BCUT2D eigenvalue weighted by Crippen LogP contribution is -2.63. The second kappa shape index (κ2) is 8.66. The van der Waals surface area contributed by atoms with Gasteiger partial charge in [-0.15, -0.1) is 0 Å². The first-order chi connectivity index (χ1) is 14.5. The normalized spacial score (nSPS) is 43.7. The molecule has 7 atom stereocenters. The first-order valence-corrected chi connectivity index (χ1v) is 12.4. The molecule has 0 bridgehead atoms. The van der Waals surface area contributed by atoms with Crippen molar-refractivity contribution in [1.82, 2.24) is 26.8 Å². The van der Waals surface area contributed by atoms with E-state index in [-0.39, 0.29) is 11.9 Å². The smallest absolute Gasteiger partial charge is 0.237 e. The fraction of sp³-hybridized carbons (Fsp3) is 0.957. The average Bonchev–Trinajstić information content (AvgIpc) is 3.47. The van der Waals surface area contributed by atoms with Gasteiger partial charge in [0.1, 0.15) is 0 Å². The number of hydrogen-bond acceptors (Lipinski definition) is 6. The van der Waals surface area contributed by atoms with Gasteiger partial charge in [0, 0.05) is 30.1 Å². The Kier molecular flexibility index (Phi) is 6.10. The van der Waals surface area contributed by atoms with Gasteiger partial charge in [-0.05, 0) is 69.6 Å². The molecule has 3 saturated heterocycles. The zero-order valence-corrected chi connectivity index (χ0v) is 18.7. The van der Waals surface area contributed by atoms with E-state index in [0.717, 1.165) is 39.0 Å². The van der Waals surface area contributed by atoms with Gasteiger partial charge in [-0.1, -0.05) is 13.3 Å². The Morgan fingerprint density at radius 3 is 2.60 bits per heavy atom. The lowest BCUT2D eigenvalue weighted by Gasteiger charge is -2.51. The maximum absolute atomic E-state index is 13.1. The number of rotatable bonds is 6. The molecule has 3 heterocycles.